The van der Waals surface area contributed by atoms with Crippen molar-refractivity contribution in [2.24, 2.45) is 0 Å². The minimum absolute atomic E-state index is 0.119. The topological polar surface area (TPSA) is 53.6 Å². The summed E-state index contributed by atoms with van der Waals surface area (Å²) in [5.41, 5.74) is 2.45. The number of rotatable bonds is 4. The Kier molecular flexibility index (Phi) is 4.08. The smallest absolute Gasteiger partial charge is 0.101 e. The third kappa shape index (κ3) is 3.07. The zero-order valence-electron chi connectivity index (χ0n) is 10.9. The predicted octanol–water partition coefficient (Wildman–Crippen LogP) is 3.60. The Hall–Kier alpha value is -1.99. The number of nitrogens with zero attached hydrogens (tertiary/aromatic N) is 3. The maximum atomic E-state index is 8.95. The van der Waals surface area contributed by atoms with Crippen LogP contribution in [0.3, 0.4) is 0 Å². The summed E-state index contributed by atoms with van der Waals surface area (Å²) in [6.45, 7) is 4.96. The Morgan fingerprint density at radius 3 is 2.95 bits per heavy atom. The van der Waals surface area contributed by atoms with Gasteiger partial charge in [0.1, 0.15) is 6.07 Å². The van der Waals surface area contributed by atoms with E-state index in [1.165, 1.54) is 0 Å². The molecule has 0 saturated carbocycles. The summed E-state index contributed by atoms with van der Waals surface area (Å²) >= 11 is 5.91. The third-order valence-electron chi connectivity index (χ3n) is 2.95. The van der Waals surface area contributed by atoms with Crippen LogP contribution in [0.25, 0.3) is 0 Å². The average Bonchev–Trinajstić information content (AvgIpc) is 2.90. The molecule has 0 radical (unpaired) electrons. The van der Waals surface area contributed by atoms with Crippen molar-refractivity contribution in [3.63, 3.8) is 0 Å². The van der Waals surface area contributed by atoms with Crippen molar-refractivity contribution in [3.8, 4) is 6.07 Å². The van der Waals surface area contributed by atoms with Crippen molar-refractivity contribution in [1.29, 1.82) is 5.26 Å². The van der Waals surface area contributed by atoms with Crippen LogP contribution in [-0.4, -0.2) is 9.78 Å². The van der Waals surface area contributed by atoms with E-state index in [0.29, 0.717) is 10.6 Å². The first-order chi connectivity index (χ1) is 9.13. The van der Waals surface area contributed by atoms with Crippen molar-refractivity contribution >= 4 is 17.3 Å². The van der Waals surface area contributed by atoms with E-state index in [1.54, 1.807) is 12.1 Å². The Bertz CT molecular complexity index is 612. The van der Waals surface area contributed by atoms with Crippen LogP contribution in [0.2, 0.25) is 5.02 Å². The fourth-order valence-corrected chi connectivity index (χ4v) is 1.97. The summed E-state index contributed by atoms with van der Waals surface area (Å²) in [7, 11) is 0. The average molecular weight is 275 g/mol. The highest BCUT2D eigenvalue weighted by Gasteiger charge is 2.09. The molecule has 0 aliphatic heterocycles. The molecule has 98 valence electrons. The Labute approximate surface area is 117 Å². The van der Waals surface area contributed by atoms with Crippen LogP contribution in [0.15, 0.2) is 30.6 Å². The summed E-state index contributed by atoms with van der Waals surface area (Å²) in [4.78, 5) is 0. The number of hydrogen-bond acceptors (Lipinski definition) is 3. The van der Waals surface area contributed by atoms with E-state index < -0.39 is 0 Å². The summed E-state index contributed by atoms with van der Waals surface area (Å²) in [6.07, 6.45) is 3.86. The van der Waals surface area contributed by atoms with Gasteiger partial charge in [0.15, 0.2) is 0 Å². The normalized spacial score (nSPS) is 11.9. The van der Waals surface area contributed by atoms with E-state index in [-0.39, 0.29) is 6.04 Å². The summed E-state index contributed by atoms with van der Waals surface area (Å²) < 4.78 is 1.89. The van der Waals surface area contributed by atoms with Crippen LogP contribution in [0.5, 0.6) is 0 Å². The number of benzene rings is 1. The lowest BCUT2D eigenvalue weighted by molar-refractivity contribution is 0.658. The van der Waals surface area contributed by atoms with Gasteiger partial charge < -0.3 is 5.32 Å². The monoisotopic (exact) mass is 274 g/mol. The number of hydrogen-bond donors (Lipinski definition) is 1. The van der Waals surface area contributed by atoms with Crippen LogP contribution in [0.1, 0.15) is 31.0 Å². The van der Waals surface area contributed by atoms with Crippen molar-refractivity contribution in [1.82, 2.24) is 9.78 Å². The molecule has 1 heterocycles. The van der Waals surface area contributed by atoms with Gasteiger partial charge in [0, 0.05) is 24.0 Å². The molecule has 0 aliphatic carbocycles. The Balaban J connectivity index is 2.14. The van der Waals surface area contributed by atoms with Gasteiger partial charge in [-0.15, -0.1) is 0 Å². The van der Waals surface area contributed by atoms with E-state index in [1.807, 2.05) is 30.1 Å². The molecule has 4 nitrogen and oxygen atoms in total. The van der Waals surface area contributed by atoms with Crippen molar-refractivity contribution in [3.05, 3.63) is 46.7 Å². The van der Waals surface area contributed by atoms with Gasteiger partial charge in [-0.3, -0.25) is 4.68 Å². The molecule has 0 aliphatic rings. The standard InChI is InChI=1S/C14H15ClN4/c1-3-19-9-12(8-17-19)10(2)18-13-4-5-14(15)11(6-13)7-16/h4-6,8-10,18H,3H2,1-2H3. The highest BCUT2D eigenvalue weighted by Crippen LogP contribution is 2.23. The van der Waals surface area contributed by atoms with Crippen molar-refractivity contribution < 1.29 is 0 Å². The van der Waals surface area contributed by atoms with Crippen LogP contribution < -0.4 is 5.32 Å². The molecule has 2 aromatic rings. The highest BCUT2D eigenvalue weighted by atomic mass is 35.5. The number of aryl methyl sites for hydroxylation is 1. The summed E-state index contributed by atoms with van der Waals surface area (Å²) in [6, 6.07) is 7.54. The summed E-state index contributed by atoms with van der Waals surface area (Å²) in [5, 5.41) is 17.0. The van der Waals surface area contributed by atoms with Gasteiger partial charge in [0.25, 0.3) is 0 Å². The number of halogens is 1. The molecular weight excluding hydrogens is 260 g/mol. The quantitative estimate of drug-likeness (QED) is 0.927. The second-order valence-corrected chi connectivity index (χ2v) is 4.71. The molecule has 0 saturated heterocycles. The molecule has 0 bridgehead atoms. The third-order valence-corrected chi connectivity index (χ3v) is 3.28. The van der Waals surface area contributed by atoms with E-state index in [4.69, 9.17) is 16.9 Å². The second-order valence-electron chi connectivity index (χ2n) is 4.30. The van der Waals surface area contributed by atoms with Crippen LogP contribution in [0, 0.1) is 11.3 Å². The van der Waals surface area contributed by atoms with E-state index in [0.717, 1.165) is 17.8 Å². The van der Waals surface area contributed by atoms with Crippen LogP contribution in [-0.2, 0) is 6.54 Å². The number of anilines is 1. The first kappa shape index (κ1) is 13.4. The largest absolute Gasteiger partial charge is 0.378 e. The maximum Gasteiger partial charge on any atom is 0.101 e. The van der Waals surface area contributed by atoms with E-state index in [9.17, 15) is 0 Å². The second kappa shape index (κ2) is 5.77. The lowest BCUT2D eigenvalue weighted by Crippen LogP contribution is -2.06. The Morgan fingerprint density at radius 2 is 2.32 bits per heavy atom. The molecule has 1 unspecified atom stereocenters. The first-order valence-electron chi connectivity index (χ1n) is 6.12. The van der Waals surface area contributed by atoms with Gasteiger partial charge >= 0.3 is 0 Å². The van der Waals surface area contributed by atoms with Crippen molar-refractivity contribution in [2.75, 3.05) is 5.32 Å². The number of nitrogens with one attached hydrogen (secondary N) is 1. The molecule has 0 amide bonds. The molecule has 1 atom stereocenters. The lowest BCUT2D eigenvalue weighted by Gasteiger charge is -2.14. The molecule has 0 fully saturated rings. The number of nitriles is 1. The molecule has 1 aromatic heterocycles. The van der Waals surface area contributed by atoms with Crippen LogP contribution >= 0.6 is 11.6 Å². The molecule has 5 heteroatoms. The molecule has 1 N–H and O–H groups in total. The van der Waals surface area contributed by atoms with Gasteiger partial charge in [-0.2, -0.15) is 10.4 Å². The maximum absolute atomic E-state index is 8.95. The number of aromatic nitrogens is 2. The summed E-state index contributed by atoms with van der Waals surface area (Å²) in [5.74, 6) is 0. The fraction of sp³-hybridized carbons (Fsp3) is 0.286. The predicted molar refractivity (Wildman–Crippen MR) is 76.1 cm³/mol. The minimum atomic E-state index is 0.119. The molecule has 2 rings (SSSR count). The minimum Gasteiger partial charge on any atom is -0.378 e. The van der Waals surface area contributed by atoms with Gasteiger partial charge in [0.05, 0.1) is 22.8 Å². The van der Waals surface area contributed by atoms with Crippen LogP contribution in [0.4, 0.5) is 5.69 Å². The molecule has 1 aromatic carbocycles. The molecule has 0 spiro atoms. The molecule has 19 heavy (non-hydrogen) atoms. The van der Waals surface area contributed by atoms with E-state index in [2.05, 4.69) is 23.4 Å². The van der Waals surface area contributed by atoms with E-state index >= 15 is 0 Å². The van der Waals surface area contributed by atoms with Crippen molar-refractivity contribution in [2.45, 2.75) is 26.4 Å². The fourth-order valence-electron chi connectivity index (χ4n) is 1.81. The highest BCUT2D eigenvalue weighted by molar-refractivity contribution is 6.31. The van der Waals surface area contributed by atoms with Gasteiger partial charge in [0.2, 0.25) is 0 Å². The first-order valence-corrected chi connectivity index (χ1v) is 6.50. The molecular formula is C14H15ClN4. The lowest BCUT2D eigenvalue weighted by atomic mass is 10.1. The SMILES string of the molecule is CCn1cc(C(C)Nc2ccc(Cl)c(C#N)c2)cn1. The van der Waals surface area contributed by atoms with Gasteiger partial charge in [-0.1, -0.05) is 11.6 Å². The zero-order chi connectivity index (χ0) is 13.8. The Morgan fingerprint density at radius 1 is 1.53 bits per heavy atom. The zero-order valence-corrected chi connectivity index (χ0v) is 11.6. The van der Waals surface area contributed by atoms with Gasteiger partial charge in [-0.05, 0) is 32.0 Å². The van der Waals surface area contributed by atoms with Gasteiger partial charge in [-0.25, -0.2) is 0 Å².